The lowest BCUT2D eigenvalue weighted by Crippen LogP contribution is -2.32. The van der Waals surface area contributed by atoms with Gasteiger partial charge in [-0.1, -0.05) is 18.0 Å². The Kier molecular flexibility index (Phi) is 5.22. The Labute approximate surface area is 129 Å². The molecule has 1 aliphatic carbocycles. The van der Waals surface area contributed by atoms with E-state index in [4.69, 9.17) is 16.9 Å². The van der Waals surface area contributed by atoms with E-state index >= 15 is 0 Å². The van der Waals surface area contributed by atoms with Crippen LogP contribution in [0.15, 0.2) is 23.1 Å². The molecule has 1 aromatic carbocycles. The number of aliphatic hydroxyl groups is 1. The van der Waals surface area contributed by atoms with Crippen LogP contribution in [0, 0.1) is 23.2 Å². The van der Waals surface area contributed by atoms with Crippen molar-refractivity contribution >= 4 is 21.6 Å². The number of hydrogen-bond acceptors (Lipinski definition) is 4. The van der Waals surface area contributed by atoms with Crippen LogP contribution >= 0.6 is 11.6 Å². The standard InChI is InChI=1S/C14H17ClN2O3S/c15-13-5-4-10(7-16)14(6-13)21(19,20)17-8-11-2-1-3-12(11)9-18/h4-6,11-12,17-18H,1-3,8-9H2. The zero-order valence-electron chi connectivity index (χ0n) is 11.4. The molecule has 2 atom stereocenters. The molecule has 5 nitrogen and oxygen atoms in total. The lowest BCUT2D eigenvalue weighted by molar-refractivity contribution is 0.195. The van der Waals surface area contributed by atoms with Crippen molar-refractivity contribution in [2.75, 3.05) is 13.2 Å². The van der Waals surface area contributed by atoms with Gasteiger partial charge < -0.3 is 5.11 Å². The van der Waals surface area contributed by atoms with Crippen LogP contribution in [0.25, 0.3) is 0 Å². The van der Waals surface area contributed by atoms with Crippen LogP contribution in [0.4, 0.5) is 0 Å². The van der Waals surface area contributed by atoms with Gasteiger partial charge in [0.2, 0.25) is 10.0 Å². The number of hydrogen-bond donors (Lipinski definition) is 2. The molecule has 0 aromatic heterocycles. The first kappa shape index (κ1) is 16.2. The zero-order chi connectivity index (χ0) is 15.5. The van der Waals surface area contributed by atoms with Gasteiger partial charge in [0.25, 0.3) is 0 Å². The summed E-state index contributed by atoms with van der Waals surface area (Å²) < 4.78 is 27.2. The largest absolute Gasteiger partial charge is 0.396 e. The van der Waals surface area contributed by atoms with Crippen molar-refractivity contribution in [3.63, 3.8) is 0 Å². The van der Waals surface area contributed by atoms with Gasteiger partial charge in [-0.05, 0) is 42.9 Å². The summed E-state index contributed by atoms with van der Waals surface area (Å²) >= 11 is 5.82. The molecule has 2 N–H and O–H groups in total. The minimum Gasteiger partial charge on any atom is -0.396 e. The van der Waals surface area contributed by atoms with E-state index in [2.05, 4.69) is 4.72 Å². The van der Waals surface area contributed by atoms with Gasteiger partial charge in [-0.3, -0.25) is 0 Å². The number of benzene rings is 1. The van der Waals surface area contributed by atoms with E-state index in [0.717, 1.165) is 19.3 Å². The molecule has 1 aromatic rings. The molecule has 7 heteroatoms. The van der Waals surface area contributed by atoms with E-state index in [-0.39, 0.29) is 40.5 Å². The molecule has 0 radical (unpaired) electrons. The van der Waals surface area contributed by atoms with Crippen molar-refractivity contribution < 1.29 is 13.5 Å². The van der Waals surface area contributed by atoms with E-state index in [1.807, 2.05) is 6.07 Å². The predicted molar refractivity (Wildman–Crippen MR) is 79.3 cm³/mol. The average molecular weight is 329 g/mol. The maximum atomic E-state index is 12.3. The second kappa shape index (κ2) is 6.75. The number of nitrogens with one attached hydrogen (secondary N) is 1. The van der Waals surface area contributed by atoms with Gasteiger partial charge in [0.1, 0.15) is 11.0 Å². The number of nitriles is 1. The predicted octanol–water partition coefficient (Wildman–Crippen LogP) is 1.90. The van der Waals surface area contributed by atoms with Crippen LogP contribution in [0.2, 0.25) is 5.02 Å². The minimum atomic E-state index is -3.78. The van der Waals surface area contributed by atoms with Gasteiger partial charge >= 0.3 is 0 Å². The van der Waals surface area contributed by atoms with Gasteiger partial charge in [0.15, 0.2) is 0 Å². The first-order chi connectivity index (χ1) is 9.97. The molecule has 2 rings (SSSR count). The van der Waals surface area contributed by atoms with Crippen LogP contribution < -0.4 is 4.72 Å². The normalized spacial score (nSPS) is 22.1. The number of halogens is 1. The Morgan fingerprint density at radius 1 is 1.38 bits per heavy atom. The minimum absolute atomic E-state index is 0.0667. The quantitative estimate of drug-likeness (QED) is 0.863. The van der Waals surface area contributed by atoms with E-state index in [9.17, 15) is 13.5 Å². The summed E-state index contributed by atoms with van der Waals surface area (Å²) in [4.78, 5) is -0.101. The number of sulfonamides is 1. The molecule has 21 heavy (non-hydrogen) atoms. The van der Waals surface area contributed by atoms with Crippen LogP contribution in [-0.2, 0) is 10.0 Å². The fraction of sp³-hybridized carbons (Fsp3) is 0.500. The van der Waals surface area contributed by atoms with Crippen molar-refractivity contribution in [2.45, 2.75) is 24.2 Å². The highest BCUT2D eigenvalue weighted by atomic mass is 35.5. The highest BCUT2D eigenvalue weighted by Gasteiger charge is 2.28. The Bertz CT molecular complexity index is 655. The summed E-state index contributed by atoms with van der Waals surface area (Å²) in [5.41, 5.74) is 0.0667. The molecule has 0 heterocycles. The highest BCUT2D eigenvalue weighted by molar-refractivity contribution is 7.89. The zero-order valence-corrected chi connectivity index (χ0v) is 13.0. The fourth-order valence-corrected chi connectivity index (χ4v) is 4.24. The van der Waals surface area contributed by atoms with Gasteiger partial charge in [-0.2, -0.15) is 5.26 Å². The van der Waals surface area contributed by atoms with Crippen molar-refractivity contribution in [3.8, 4) is 6.07 Å². The van der Waals surface area contributed by atoms with E-state index in [0.29, 0.717) is 0 Å². The summed E-state index contributed by atoms with van der Waals surface area (Å²) in [6.45, 7) is 0.345. The molecule has 1 fully saturated rings. The lowest BCUT2D eigenvalue weighted by Gasteiger charge is -2.18. The molecule has 0 spiro atoms. The molecule has 114 valence electrons. The molecule has 1 aliphatic rings. The summed E-state index contributed by atoms with van der Waals surface area (Å²) in [6, 6.07) is 6.01. The SMILES string of the molecule is N#Cc1ccc(Cl)cc1S(=O)(=O)NCC1CCCC1CO. The maximum Gasteiger partial charge on any atom is 0.241 e. The topological polar surface area (TPSA) is 90.2 Å². The number of nitrogens with zero attached hydrogens (tertiary/aromatic N) is 1. The third kappa shape index (κ3) is 3.74. The molecule has 1 saturated carbocycles. The van der Waals surface area contributed by atoms with E-state index < -0.39 is 10.0 Å². The van der Waals surface area contributed by atoms with Crippen molar-refractivity contribution in [3.05, 3.63) is 28.8 Å². The van der Waals surface area contributed by atoms with Crippen molar-refractivity contribution in [1.82, 2.24) is 4.72 Å². The molecular formula is C14H17ClN2O3S. The number of aliphatic hydroxyl groups excluding tert-OH is 1. The summed E-state index contributed by atoms with van der Waals surface area (Å²) in [7, 11) is -3.78. The molecule has 0 bridgehead atoms. The lowest BCUT2D eigenvalue weighted by atomic mass is 9.97. The molecule has 0 aliphatic heterocycles. The third-order valence-electron chi connectivity index (χ3n) is 3.94. The van der Waals surface area contributed by atoms with Crippen LogP contribution in [-0.4, -0.2) is 26.7 Å². The number of rotatable bonds is 5. The Balaban J connectivity index is 2.16. The smallest absolute Gasteiger partial charge is 0.241 e. The van der Waals surface area contributed by atoms with Crippen molar-refractivity contribution in [2.24, 2.45) is 11.8 Å². The van der Waals surface area contributed by atoms with Crippen molar-refractivity contribution in [1.29, 1.82) is 5.26 Å². The van der Waals surface area contributed by atoms with Gasteiger partial charge in [0, 0.05) is 18.2 Å². The summed E-state index contributed by atoms with van der Waals surface area (Å²) in [5.74, 6) is 0.275. The van der Waals surface area contributed by atoms with Gasteiger partial charge in [-0.25, -0.2) is 13.1 Å². The first-order valence-electron chi connectivity index (χ1n) is 6.78. The maximum absolute atomic E-state index is 12.3. The van der Waals surface area contributed by atoms with Crippen LogP contribution in [0.1, 0.15) is 24.8 Å². The average Bonchev–Trinajstić information content (AvgIpc) is 2.92. The fourth-order valence-electron chi connectivity index (χ4n) is 2.73. The third-order valence-corrected chi connectivity index (χ3v) is 5.64. The molecular weight excluding hydrogens is 312 g/mol. The Hall–Kier alpha value is -1.13. The van der Waals surface area contributed by atoms with Gasteiger partial charge in [0.05, 0.1) is 5.56 Å². The van der Waals surface area contributed by atoms with E-state index in [1.54, 1.807) is 0 Å². The summed E-state index contributed by atoms with van der Waals surface area (Å²) in [6.07, 6.45) is 2.82. The Morgan fingerprint density at radius 3 is 2.76 bits per heavy atom. The molecule has 0 amide bonds. The van der Waals surface area contributed by atoms with Gasteiger partial charge in [-0.15, -0.1) is 0 Å². The van der Waals surface area contributed by atoms with Crippen LogP contribution in [0.5, 0.6) is 0 Å². The molecule has 0 saturated heterocycles. The van der Waals surface area contributed by atoms with E-state index in [1.165, 1.54) is 18.2 Å². The highest BCUT2D eigenvalue weighted by Crippen LogP contribution is 2.31. The first-order valence-corrected chi connectivity index (χ1v) is 8.64. The monoisotopic (exact) mass is 328 g/mol. The van der Waals surface area contributed by atoms with Crippen LogP contribution in [0.3, 0.4) is 0 Å². The summed E-state index contributed by atoms with van der Waals surface area (Å²) in [5, 5.41) is 18.5. The second-order valence-corrected chi connectivity index (χ2v) is 7.41. The molecule has 2 unspecified atom stereocenters. The Morgan fingerprint density at radius 2 is 2.10 bits per heavy atom. The second-order valence-electron chi connectivity index (χ2n) is 5.24.